The van der Waals surface area contributed by atoms with Gasteiger partial charge in [-0.1, -0.05) is 12.1 Å². The molecule has 0 bridgehead atoms. The molecule has 1 aromatic carbocycles. The average molecular weight is 365 g/mol. The van der Waals surface area contributed by atoms with E-state index < -0.39 is 6.09 Å². The molecule has 0 fully saturated rings. The molecule has 0 saturated carbocycles. The van der Waals surface area contributed by atoms with E-state index in [9.17, 15) is 14.4 Å². The second kappa shape index (κ2) is 11.1. The first-order valence-corrected chi connectivity index (χ1v) is 8.29. The zero-order chi connectivity index (χ0) is 19.5. The number of hydrogen-bond acceptors (Lipinski definition) is 6. The predicted molar refractivity (Wildman–Crippen MR) is 97.9 cm³/mol. The second-order valence-electron chi connectivity index (χ2n) is 5.93. The number of ether oxygens (including phenoxy) is 2. The average Bonchev–Trinajstić information content (AvgIpc) is 2.63. The highest BCUT2D eigenvalue weighted by Crippen LogP contribution is 2.10. The minimum atomic E-state index is -0.462. The molecule has 0 unspecified atom stereocenters. The van der Waals surface area contributed by atoms with E-state index >= 15 is 0 Å². The second-order valence-corrected chi connectivity index (χ2v) is 5.93. The highest BCUT2D eigenvalue weighted by Gasteiger charge is 2.14. The summed E-state index contributed by atoms with van der Waals surface area (Å²) in [6.07, 6.45) is -0.462. The summed E-state index contributed by atoms with van der Waals surface area (Å²) in [6.45, 7) is 2.00. The van der Waals surface area contributed by atoms with Crippen LogP contribution in [0.3, 0.4) is 0 Å². The maximum atomic E-state index is 12.0. The van der Waals surface area contributed by atoms with Gasteiger partial charge in [0.25, 0.3) is 0 Å². The zero-order valence-electron chi connectivity index (χ0n) is 15.8. The van der Waals surface area contributed by atoms with Crippen LogP contribution in [0, 0.1) is 0 Å². The van der Waals surface area contributed by atoms with Crippen LogP contribution >= 0.6 is 0 Å². The number of nitrogens with one attached hydrogen (secondary N) is 1. The van der Waals surface area contributed by atoms with Crippen molar-refractivity contribution in [3.8, 4) is 0 Å². The molecular formula is C18H27N3O5. The van der Waals surface area contributed by atoms with Crippen molar-refractivity contribution in [2.24, 2.45) is 0 Å². The van der Waals surface area contributed by atoms with Gasteiger partial charge in [0, 0.05) is 39.9 Å². The van der Waals surface area contributed by atoms with E-state index in [0.29, 0.717) is 13.1 Å². The molecule has 144 valence electrons. The Morgan fingerprint density at radius 1 is 1.00 bits per heavy atom. The summed E-state index contributed by atoms with van der Waals surface area (Å²) in [4.78, 5) is 37.4. The topological polar surface area (TPSA) is 88.2 Å². The molecular weight excluding hydrogens is 338 g/mol. The van der Waals surface area contributed by atoms with Gasteiger partial charge in [0.1, 0.15) is 19.8 Å². The molecule has 1 aromatic rings. The van der Waals surface area contributed by atoms with Crippen LogP contribution in [-0.4, -0.2) is 75.0 Å². The number of Topliss-reactive ketones (excluding diaryl/α,β-unsaturated/α-hetero) is 1. The van der Waals surface area contributed by atoms with E-state index in [2.05, 4.69) is 5.32 Å². The van der Waals surface area contributed by atoms with Crippen molar-refractivity contribution in [2.45, 2.75) is 13.5 Å². The van der Waals surface area contributed by atoms with Crippen molar-refractivity contribution >= 4 is 23.5 Å². The van der Waals surface area contributed by atoms with Crippen LogP contribution in [0.5, 0.6) is 0 Å². The van der Waals surface area contributed by atoms with E-state index in [1.54, 1.807) is 14.1 Å². The molecule has 0 saturated heterocycles. The van der Waals surface area contributed by atoms with Crippen LogP contribution in [-0.2, 0) is 25.7 Å². The number of anilines is 1. The Balaban J connectivity index is 2.30. The molecule has 0 atom stereocenters. The third-order valence-electron chi connectivity index (χ3n) is 3.64. The van der Waals surface area contributed by atoms with Crippen LogP contribution in [0.4, 0.5) is 10.5 Å². The standard InChI is InChI=1S/C18H27N3O5/c1-14(22)11-25-13-17(23)20(3)9-10-21(4)18(24)26-12-15-5-7-16(19-2)8-6-15/h5-8,19H,9-13H2,1-4H3. The number of rotatable bonds is 10. The van der Waals surface area contributed by atoms with Gasteiger partial charge in [-0.2, -0.15) is 0 Å². The van der Waals surface area contributed by atoms with Gasteiger partial charge in [0.2, 0.25) is 5.91 Å². The van der Waals surface area contributed by atoms with Gasteiger partial charge >= 0.3 is 6.09 Å². The zero-order valence-corrected chi connectivity index (χ0v) is 15.8. The molecule has 0 spiro atoms. The van der Waals surface area contributed by atoms with Crippen molar-refractivity contribution in [3.05, 3.63) is 29.8 Å². The largest absolute Gasteiger partial charge is 0.445 e. The highest BCUT2D eigenvalue weighted by molar-refractivity contribution is 5.79. The van der Waals surface area contributed by atoms with E-state index in [1.165, 1.54) is 16.7 Å². The Morgan fingerprint density at radius 3 is 2.19 bits per heavy atom. The van der Waals surface area contributed by atoms with Crippen molar-refractivity contribution < 1.29 is 23.9 Å². The van der Waals surface area contributed by atoms with Crippen molar-refractivity contribution in [1.29, 1.82) is 0 Å². The van der Waals surface area contributed by atoms with Crippen LogP contribution < -0.4 is 5.32 Å². The predicted octanol–water partition coefficient (Wildman–Crippen LogP) is 1.36. The molecule has 0 aliphatic carbocycles. The number of benzene rings is 1. The molecule has 0 heterocycles. The summed E-state index contributed by atoms with van der Waals surface area (Å²) in [7, 11) is 5.06. The van der Waals surface area contributed by atoms with Crippen molar-refractivity contribution in [3.63, 3.8) is 0 Å². The Labute approximate surface area is 154 Å². The van der Waals surface area contributed by atoms with E-state index in [0.717, 1.165) is 11.3 Å². The Hall–Kier alpha value is -2.61. The lowest BCUT2D eigenvalue weighted by molar-refractivity contribution is -0.136. The number of carbonyl (C=O) groups excluding carboxylic acids is 3. The number of carbonyl (C=O) groups is 3. The monoisotopic (exact) mass is 365 g/mol. The number of ketones is 1. The normalized spacial score (nSPS) is 10.2. The van der Waals surface area contributed by atoms with Gasteiger partial charge in [-0.15, -0.1) is 0 Å². The molecule has 0 aliphatic rings. The van der Waals surface area contributed by atoms with Gasteiger partial charge < -0.3 is 24.6 Å². The molecule has 8 nitrogen and oxygen atoms in total. The van der Waals surface area contributed by atoms with Gasteiger partial charge in [-0.25, -0.2) is 4.79 Å². The molecule has 1 N–H and O–H groups in total. The van der Waals surface area contributed by atoms with Gasteiger partial charge in [0.05, 0.1) is 0 Å². The Bertz CT molecular complexity index is 603. The molecule has 0 radical (unpaired) electrons. The quantitative estimate of drug-likeness (QED) is 0.674. The minimum absolute atomic E-state index is 0.0822. The minimum Gasteiger partial charge on any atom is -0.445 e. The van der Waals surface area contributed by atoms with Crippen molar-refractivity contribution in [2.75, 3.05) is 52.8 Å². The smallest absolute Gasteiger partial charge is 0.409 e. The van der Waals surface area contributed by atoms with Crippen LogP contribution in [0.1, 0.15) is 12.5 Å². The first kappa shape index (κ1) is 21.4. The SMILES string of the molecule is CNc1ccc(COC(=O)N(C)CCN(C)C(=O)COCC(C)=O)cc1. The van der Waals surface area contributed by atoms with Crippen LogP contribution in [0.25, 0.3) is 0 Å². The lowest BCUT2D eigenvalue weighted by atomic mass is 10.2. The summed E-state index contributed by atoms with van der Waals surface area (Å²) in [5.41, 5.74) is 1.87. The molecule has 8 heteroatoms. The summed E-state index contributed by atoms with van der Waals surface area (Å²) in [5.74, 6) is -0.388. The lowest BCUT2D eigenvalue weighted by Crippen LogP contribution is -2.39. The van der Waals surface area contributed by atoms with Crippen LogP contribution in [0.2, 0.25) is 0 Å². The van der Waals surface area contributed by atoms with E-state index in [4.69, 9.17) is 9.47 Å². The molecule has 2 amide bonds. The van der Waals surface area contributed by atoms with Crippen LogP contribution in [0.15, 0.2) is 24.3 Å². The molecule has 1 rings (SSSR count). The van der Waals surface area contributed by atoms with E-state index in [-0.39, 0.29) is 31.5 Å². The number of hydrogen-bond donors (Lipinski definition) is 1. The Morgan fingerprint density at radius 2 is 1.62 bits per heavy atom. The maximum Gasteiger partial charge on any atom is 0.409 e. The molecule has 26 heavy (non-hydrogen) atoms. The fourth-order valence-electron chi connectivity index (χ4n) is 1.93. The fourth-order valence-corrected chi connectivity index (χ4v) is 1.93. The number of amides is 2. The third kappa shape index (κ3) is 7.98. The fraction of sp³-hybridized carbons (Fsp3) is 0.500. The summed E-state index contributed by atoms with van der Waals surface area (Å²) < 4.78 is 10.2. The summed E-state index contributed by atoms with van der Waals surface area (Å²) in [6, 6.07) is 7.57. The first-order valence-electron chi connectivity index (χ1n) is 8.29. The number of likely N-dealkylation sites (N-methyl/N-ethyl adjacent to an activating group) is 2. The van der Waals surface area contributed by atoms with Gasteiger partial charge in [-0.05, 0) is 24.6 Å². The molecule has 0 aromatic heterocycles. The van der Waals surface area contributed by atoms with Gasteiger partial charge in [0.15, 0.2) is 5.78 Å². The molecule has 0 aliphatic heterocycles. The highest BCUT2D eigenvalue weighted by atomic mass is 16.6. The van der Waals surface area contributed by atoms with Crippen molar-refractivity contribution in [1.82, 2.24) is 9.80 Å². The van der Waals surface area contributed by atoms with Gasteiger partial charge in [-0.3, -0.25) is 9.59 Å². The summed E-state index contributed by atoms with van der Waals surface area (Å²) in [5, 5.41) is 3.02. The number of nitrogens with zero attached hydrogens (tertiary/aromatic N) is 2. The lowest BCUT2D eigenvalue weighted by Gasteiger charge is -2.22. The maximum absolute atomic E-state index is 12.0. The first-order chi connectivity index (χ1) is 12.3. The third-order valence-corrected chi connectivity index (χ3v) is 3.64. The van der Waals surface area contributed by atoms with E-state index in [1.807, 2.05) is 31.3 Å². The Kier molecular flexibility index (Phi) is 9.14. The summed E-state index contributed by atoms with van der Waals surface area (Å²) >= 11 is 0.